The van der Waals surface area contributed by atoms with Gasteiger partial charge >= 0.3 is 5.97 Å². The van der Waals surface area contributed by atoms with Gasteiger partial charge in [0.15, 0.2) is 5.17 Å². The van der Waals surface area contributed by atoms with Gasteiger partial charge in [-0.25, -0.2) is 4.79 Å². The summed E-state index contributed by atoms with van der Waals surface area (Å²) < 4.78 is 5.42. The van der Waals surface area contributed by atoms with Gasteiger partial charge in [0, 0.05) is 12.5 Å². The highest BCUT2D eigenvalue weighted by Gasteiger charge is 2.02. The normalized spacial score (nSPS) is 11.1. The number of nitrogens with zero attached hydrogens (tertiary/aromatic N) is 1. The standard InChI is InChI=1S/C12H14ClNO3/c1-3-8-16-11-6-4-10(5-7-11)12(13)14-17-9(2)15/h4-7H,3,8H2,1-2H3/b14-12-. The molecule has 0 unspecified atom stereocenters. The maximum Gasteiger partial charge on any atom is 0.332 e. The summed E-state index contributed by atoms with van der Waals surface area (Å²) >= 11 is 5.84. The SMILES string of the molecule is CCCOc1ccc(/C(Cl)=N/OC(C)=O)cc1. The zero-order valence-electron chi connectivity index (χ0n) is 9.77. The van der Waals surface area contributed by atoms with Crippen molar-refractivity contribution in [2.75, 3.05) is 6.61 Å². The molecule has 0 fully saturated rings. The number of hydrogen-bond acceptors (Lipinski definition) is 4. The molecule has 0 aliphatic rings. The Morgan fingerprint density at radius 1 is 1.35 bits per heavy atom. The molecule has 0 saturated carbocycles. The van der Waals surface area contributed by atoms with Gasteiger partial charge < -0.3 is 9.57 Å². The van der Waals surface area contributed by atoms with Crippen LogP contribution in [0.15, 0.2) is 29.4 Å². The van der Waals surface area contributed by atoms with Gasteiger partial charge in [-0.2, -0.15) is 0 Å². The fraction of sp³-hybridized carbons (Fsp3) is 0.333. The zero-order valence-corrected chi connectivity index (χ0v) is 10.5. The average Bonchev–Trinajstić information content (AvgIpc) is 2.34. The van der Waals surface area contributed by atoms with E-state index in [9.17, 15) is 4.79 Å². The van der Waals surface area contributed by atoms with E-state index in [1.165, 1.54) is 6.92 Å². The Bertz CT molecular complexity index is 401. The minimum absolute atomic E-state index is 0.127. The molecular formula is C12H14ClNO3. The molecule has 0 aliphatic heterocycles. The van der Waals surface area contributed by atoms with Crippen LogP contribution in [0, 0.1) is 0 Å². The van der Waals surface area contributed by atoms with Gasteiger partial charge in [0.2, 0.25) is 0 Å². The van der Waals surface area contributed by atoms with E-state index in [1.807, 2.05) is 6.92 Å². The van der Waals surface area contributed by atoms with Gasteiger partial charge in [-0.3, -0.25) is 0 Å². The quantitative estimate of drug-likeness (QED) is 0.462. The summed E-state index contributed by atoms with van der Waals surface area (Å²) in [5, 5.41) is 3.60. The van der Waals surface area contributed by atoms with Gasteiger partial charge in [0.1, 0.15) is 5.75 Å². The largest absolute Gasteiger partial charge is 0.494 e. The summed E-state index contributed by atoms with van der Waals surface area (Å²) in [6.07, 6.45) is 0.955. The van der Waals surface area contributed by atoms with E-state index < -0.39 is 5.97 Å². The van der Waals surface area contributed by atoms with Crippen molar-refractivity contribution in [3.63, 3.8) is 0 Å². The predicted molar refractivity (Wildman–Crippen MR) is 66.4 cm³/mol. The zero-order chi connectivity index (χ0) is 12.7. The van der Waals surface area contributed by atoms with E-state index >= 15 is 0 Å². The molecular weight excluding hydrogens is 242 g/mol. The molecule has 0 heterocycles. The molecule has 0 amide bonds. The van der Waals surface area contributed by atoms with Gasteiger partial charge in [0.05, 0.1) is 6.61 Å². The minimum Gasteiger partial charge on any atom is -0.494 e. The molecule has 0 spiro atoms. The summed E-state index contributed by atoms with van der Waals surface area (Å²) in [6, 6.07) is 7.08. The number of oxime groups is 1. The number of halogens is 1. The molecule has 0 bridgehead atoms. The van der Waals surface area contributed by atoms with Crippen LogP contribution >= 0.6 is 11.6 Å². The molecule has 0 aliphatic carbocycles. The van der Waals surface area contributed by atoms with Crippen molar-refractivity contribution in [2.24, 2.45) is 5.16 Å². The third-order valence-electron chi connectivity index (χ3n) is 1.82. The molecule has 1 aromatic carbocycles. The molecule has 1 aromatic rings. The van der Waals surface area contributed by atoms with Crippen LogP contribution in [-0.4, -0.2) is 17.7 Å². The Labute approximate surface area is 105 Å². The molecule has 5 heteroatoms. The number of carbonyl (C=O) groups excluding carboxylic acids is 1. The third-order valence-corrected chi connectivity index (χ3v) is 2.11. The van der Waals surface area contributed by atoms with Crippen LogP contribution in [-0.2, 0) is 9.63 Å². The fourth-order valence-corrected chi connectivity index (χ4v) is 1.23. The maximum atomic E-state index is 10.5. The lowest BCUT2D eigenvalue weighted by Crippen LogP contribution is -1.98. The number of benzene rings is 1. The summed E-state index contributed by atoms with van der Waals surface area (Å²) in [6.45, 7) is 3.97. The highest BCUT2D eigenvalue weighted by Crippen LogP contribution is 2.14. The van der Waals surface area contributed by atoms with Crippen molar-refractivity contribution < 1.29 is 14.4 Å². The monoisotopic (exact) mass is 255 g/mol. The lowest BCUT2D eigenvalue weighted by Gasteiger charge is -2.04. The fourth-order valence-electron chi connectivity index (χ4n) is 1.07. The van der Waals surface area contributed by atoms with Crippen LogP contribution in [0.25, 0.3) is 0 Å². The molecule has 0 saturated heterocycles. The van der Waals surface area contributed by atoms with Crippen LogP contribution in [0.4, 0.5) is 0 Å². The first-order valence-corrected chi connectivity index (χ1v) is 5.65. The smallest absolute Gasteiger partial charge is 0.332 e. The van der Waals surface area contributed by atoms with Gasteiger partial charge in [-0.1, -0.05) is 23.7 Å². The Hall–Kier alpha value is -1.55. The first kappa shape index (κ1) is 13.5. The second kappa shape index (κ2) is 6.91. The third kappa shape index (κ3) is 4.87. The molecule has 0 atom stereocenters. The Balaban J connectivity index is 2.66. The Morgan fingerprint density at radius 2 is 2.00 bits per heavy atom. The molecule has 17 heavy (non-hydrogen) atoms. The topological polar surface area (TPSA) is 47.9 Å². The van der Waals surface area contributed by atoms with Gasteiger partial charge in [-0.05, 0) is 30.7 Å². The molecule has 0 N–H and O–H groups in total. The minimum atomic E-state index is -0.508. The lowest BCUT2D eigenvalue weighted by atomic mass is 10.2. The first-order chi connectivity index (χ1) is 8.13. The highest BCUT2D eigenvalue weighted by atomic mass is 35.5. The lowest BCUT2D eigenvalue weighted by molar-refractivity contribution is -0.140. The summed E-state index contributed by atoms with van der Waals surface area (Å²) in [5.74, 6) is 0.263. The Morgan fingerprint density at radius 3 is 2.53 bits per heavy atom. The van der Waals surface area contributed by atoms with Crippen LogP contribution in [0.1, 0.15) is 25.8 Å². The predicted octanol–water partition coefficient (Wildman–Crippen LogP) is 2.94. The summed E-state index contributed by atoms with van der Waals surface area (Å²) in [5.41, 5.74) is 0.664. The van der Waals surface area contributed by atoms with Gasteiger partial charge in [0.25, 0.3) is 0 Å². The van der Waals surface area contributed by atoms with Crippen LogP contribution < -0.4 is 4.74 Å². The van der Waals surface area contributed by atoms with Gasteiger partial charge in [-0.15, -0.1) is 0 Å². The molecule has 0 aromatic heterocycles. The van der Waals surface area contributed by atoms with Crippen LogP contribution in [0.3, 0.4) is 0 Å². The molecule has 92 valence electrons. The second-order valence-electron chi connectivity index (χ2n) is 3.34. The maximum absolute atomic E-state index is 10.5. The average molecular weight is 256 g/mol. The number of carbonyl (C=O) groups is 1. The van der Waals surface area contributed by atoms with Crippen molar-refractivity contribution in [3.05, 3.63) is 29.8 Å². The molecule has 4 nitrogen and oxygen atoms in total. The first-order valence-electron chi connectivity index (χ1n) is 5.27. The number of hydrogen-bond donors (Lipinski definition) is 0. The highest BCUT2D eigenvalue weighted by molar-refractivity contribution is 6.69. The van der Waals surface area contributed by atoms with E-state index in [-0.39, 0.29) is 5.17 Å². The van der Waals surface area contributed by atoms with E-state index in [2.05, 4.69) is 9.99 Å². The second-order valence-corrected chi connectivity index (χ2v) is 3.70. The molecule has 1 rings (SSSR count). The van der Waals surface area contributed by atoms with Crippen molar-refractivity contribution in [3.8, 4) is 5.75 Å². The van der Waals surface area contributed by atoms with E-state index in [0.29, 0.717) is 12.2 Å². The Kier molecular flexibility index (Phi) is 5.49. The molecule has 0 radical (unpaired) electrons. The van der Waals surface area contributed by atoms with Crippen molar-refractivity contribution >= 4 is 22.7 Å². The van der Waals surface area contributed by atoms with Crippen LogP contribution in [0.5, 0.6) is 5.75 Å². The van der Waals surface area contributed by atoms with Crippen molar-refractivity contribution in [1.29, 1.82) is 0 Å². The van der Waals surface area contributed by atoms with Crippen molar-refractivity contribution in [2.45, 2.75) is 20.3 Å². The van der Waals surface area contributed by atoms with E-state index in [4.69, 9.17) is 16.3 Å². The number of rotatable bonds is 5. The summed E-state index contributed by atoms with van der Waals surface area (Å²) in [4.78, 5) is 15.0. The van der Waals surface area contributed by atoms with E-state index in [1.54, 1.807) is 24.3 Å². The summed E-state index contributed by atoms with van der Waals surface area (Å²) in [7, 11) is 0. The van der Waals surface area contributed by atoms with Crippen LogP contribution in [0.2, 0.25) is 0 Å². The van der Waals surface area contributed by atoms with Crippen molar-refractivity contribution in [1.82, 2.24) is 0 Å². The van der Waals surface area contributed by atoms with E-state index in [0.717, 1.165) is 12.2 Å². The number of ether oxygens (including phenoxy) is 1.